The largest absolute Gasteiger partial charge is 0.381 e. The fraction of sp³-hybridized carbons (Fsp3) is 1.00. The van der Waals surface area contributed by atoms with Crippen LogP contribution in [0.5, 0.6) is 0 Å². The molecule has 0 aromatic heterocycles. The fourth-order valence-corrected chi connectivity index (χ4v) is 0.510. The van der Waals surface area contributed by atoms with Crippen molar-refractivity contribution in [2.45, 2.75) is 12.8 Å². The normalized spacial score (nSPS) is 17.1. The second-order valence-electron chi connectivity index (χ2n) is 1.32. The van der Waals surface area contributed by atoms with Crippen LogP contribution < -0.4 is 0 Å². The average Bonchev–Trinajstić information content (AvgIpc) is 1.76. The summed E-state index contributed by atoms with van der Waals surface area (Å²) in [5.41, 5.74) is 0. The van der Waals surface area contributed by atoms with Crippen LogP contribution in [0.3, 0.4) is 0 Å². The Morgan fingerprint density at radius 3 is 1.57 bits per heavy atom. The smallest absolute Gasteiger partial charge is 0.0466 e. The van der Waals surface area contributed by atoms with E-state index in [1.807, 2.05) is 0 Å². The van der Waals surface area contributed by atoms with Gasteiger partial charge in [-0.05, 0) is 12.8 Å². The summed E-state index contributed by atoms with van der Waals surface area (Å²) in [5.74, 6) is 0. The zero-order valence-corrected chi connectivity index (χ0v) is 5.92. The molecule has 7 heavy (non-hydrogen) atoms. The van der Waals surface area contributed by atoms with Gasteiger partial charge in [0.25, 0.3) is 0 Å². The number of hydrogen-bond acceptors (Lipinski definition) is 1. The molecule has 0 aromatic carbocycles. The topological polar surface area (TPSA) is 9.23 Å². The minimum absolute atomic E-state index is 0. The molecule has 0 aromatic rings. The van der Waals surface area contributed by atoms with Crippen LogP contribution in [0.1, 0.15) is 12.8 Å². The molecule has 0 atom stereocenters. The quantitative estimate of drug-likeness (QED) is 0.489. The van der Waals surface area contributed by atoms with Crippen LogP contribution in [0.4, 0.5) is 0 Å². The maximum Gasteiger partial charge on any atom is 0.0466 e. The molecule has 1 nitrogen and oxygen atoms in total. The van der Waals surface area contributed by atoms with Crippen LogP contribution in [0.15, 0.2) is 0 Å². The molecule has 0 aliphatic carbocycles. The predicted octanol–water partition coefficient (Wildman–Crippen LogP) is 1.22. The number of hydrogen-bond donors (Lipinski definition) is 0. The van der Waals surface area contributed by atoms with Gasteiger partial charge in [-0.15, -0.1) is 12.4 Å². The number of ether oxygens (including phenoxy) is 1. The van der Waals surface area contributed by atoms with E-state index in [-0.39, 0.29) is 29.5 Å². The molecule has 3 heteroatoms. The molecule has 1 heterocycles. The van der Waals surface area contributed by atoms with Crippen molar-refractivity contribution in [1.29, 1.82) is 0 Å². The molecular formula is C4H9ClFeO. The Balaban J connectivity index is 0. The van der Waals surface area contributed by atoms with Crippen molar-refractivity contribution in [3.05, 3.63) is 0 Å². The molecule has 0 radical (unpaired) electrons. The van der Waals surface area contributed by atoms with Gasteiger partial charge in [-0.25, -0.2) is 0 Å². The van der Waals surface area contributed by atoms with E-state index in [0.717, 1.165) is 13.2 Å². The summed E-state index contributed by atoms with van der Waals surface area (Å²) in [4.78, 5) is 0. The fourth-order valence-electron chi connectivity index (χ4n) is 0.510. The Hall–Kier alpha value is 0.769. The van der Waals surface area contributed by atoms with Crippen molar-refractivity contribution in [1.82, 2.24) is 0 Å². The predicted molar refractivity (Wildman–Crippen MR) is 27.3 cm³/mol. The third-order valence-corrected chi connectivity index (χ3v) is 0.827. The monoisotopic (exact) mass is 164 g/mol. The van der Waals surface area contributed by atoms with Crippen molar-refractivity contribution in [2.24, 2.45) is 0 Å². The second-order valence-corrected chi connectivity index (χ2v) is 1.32. The van der Waals surface area contributed by atoms with E-state index in [1.165, 1.54) is 12.8 Å². The molecule has 0 amide bonds. The van der Waals surface area contributed by atoms with Gasteiger partial charge in [-0.2, -0.15) is 0 Å². The first-order valence-electron chi connectivity index (χ1n) is 2.08. The van der Waals surface area contributed by atoms with E-state index in [0.29, 0.717) is 0 Å². The van der Waals surface area contributed by atoms with Crippen LogP contribution >= 0.6 is 12.4 Å². The van der Waals surface area contributed by atoms with Crippen molar-refractivity contribution in [2.75, 3.05) is 13.2 Å². The van der Waals surface area contributed by atoms with Gasteiger partial charge in [-0.1, -0.05) is 0 Å². The maximum atomic E-state index is 4.94. The molecule has 1 rings (SSSR count). The molecular weight excluding hydrogens is 155 g/mol. The average molecular weight is 164 g/mol. The molecule has 1 aliphatic rings. The third kappa shape index (κ3) is 4.63. The maximum absolute atomic E-state index is 4.94. The summed E-state index contributed by atoms with van der Waals surface area (Å²) in [6.45, 7) is 2.00. The van der Waals surface area contributed by atoms with Crippen LogP contribution in [0.2, 0.25) is 0 Å². The summed E-state index contributed by atoms with van der Waals surface area (Å²) in [5, 5.41) is 0. The Morgan fingerprint density at radius 2 is 1.43 bits per heavy atom. The van der Waals surface area contributed by atoms with Gasteiger partial charge in [0.2, 0.25) is 0 Å². The van der Waals surface area contributed by atoms with E-state index in [2.05, 4.69) is 0 Å². The molecule has 1 fully saturated rings. The summed E-state index contributed by atoms with van der Waals surface area (Å²) in [7, 11) is 0. The Kier molecular flexibility index (Phi) is 10.3. The zero-order chi connectivity index (χ0) is 3.54. The van der Waals surface area contributed by atoms with E-state index in [1.54, 1.807) is 0 Å². The van der Waals surface area contributed by atoms with Gasteiger partial charge in [0.1, 0.15) is 0 Å². The third-order valence-electron chi connectivity index (χ3n) is 0.827. The summed E-state index contributed by atoms with van der Waals surface area (Å²) in [6.07, 6.45) is 2.56. The van der Waals surface area contributed by atoms with E-state index >= 15 is 0 Å². The van der Waals surface area contributed by atoms with Crippen molar-refractivity contribution in [3.8, 4) is 0 Å². The summed E-state index contributed by atoms with van der Waals surface area (Å²) >= 11 is 0. The van der Waals surface area contributed by atoms with Crippen molar-refractivity contribution < 1.29 is 21.8 Å². The first kappa shape index (κ1) is 10.7. The number of halogens is 1. The minimum Gasteiger partial charge on any atom is -0.381 e. The Bertz CT molecular complexity index is 23.3. The van der Waals surface area contributed by atoms with Gasteiger partial charge >= 0.3 is 0 Å². The summed E-state index contributed by atoms with van der Waals surface area (Å²) < 4.78 is 4.94. The van der Waals surface area contributed by atoms with Crippen LogP contribution in [-0.2, 0) is 21.8 Å². The van der Waals surface area contributed by atoms with Gasteiger partial charge < -0.3 is 4.74 Å². The SMILES string of the molecule is C1CCOC1.Cl.[Fe]. The molecule has 46 valence electrons. The van der Waals surface area contributed by atoms with E-state index in [4.69, 9.17) is 4.74 Å². The molecule has 0 spiro atoms. The standard InChI is InChI=1S/C4H8O.ClH.Fe/c1-2-4-5-3-1;;/h1-4H2;1H;. The Labute approximate surface area is 60.7 Å². The van der Waals surface area contributed by atoms with Gasteiger partial charge in [0.05, 0.1) is 0 Å². The molecule has 0 N–H and O–H groups in total. The molecule has 1 aliphatic heterocycles. The molecule has 1 saturated heterocycles. The van der Waals surface area contributed by atoms with Gasteiger partial charge in [0, 0.05) is 30.3 Å². The van der Waals surface area contributed by atoms with Crippen LogP contribution in [0, 0.1) is 0 Å². The molecule has 0 unspecified atom stereocenters. The second kappa shape index (κ2) is 6.77. The van der Waals surface area contributed by atoms with Crippen molar-refractivity contribution in [3.63, 3.8) is 0 Å². The van der Waals surface area contributed by atoms with E-state index in [9.17, 15) is 0 Å². The van der Waals surface area contributed by atoms with Gasteiger partial charge in [0.15, 0.2) is 0 Å². The first-order chi connectivity index (χ1) is 2.50. The van der Waals surface area contributed by atoms with E-state index < -0.39 is 0 Å². The molecule has 0 bridgehead atoms. The molecule has 0 saturated carbocycles. The van der Waals surface area contributed by atoms with Crippen molar-refractivity contribution >= 4 is 12.4 Å². The van der Waals surface area contributed by atoms with Crippen LogP contribution in [0.25, 0.3) is 0 Å². The minimum atomic E-state index is 0. The van der Waals surface area contributed by atoms with Crippen LogP contribution in [-0.4, -0.2) is 13.2 Å². The number of rotatable bonds is 0. The Morgan fingerprint density at radius 1 is 1.00 bits per heavy atom. The zero-order valence-electron chi connectivity index (χ0n) is 4.00. The first-order valence-corrected chi connectivity index (χ1v) is 2.08. The summed E-state index contributed by atoms with van der Waals surface area (Å²) in [6, 6.07) is 0. The van der Waals surface area contributed by atoms with Gasteiger partial charge in [-0.3, -0.25) is 0 Å².